The molecule has 102 valence electrons. The monoisotopic (exact) mass is 268 g/mol. The summed E-state index contributed by atoms with van der Waals surface area (Å²) in [5.74, 6) is 1.66. The number of thioether (sulfide) groups is 1. The number of hydrogen-bond acceptors (Lipinski definition) is 4. The van der Waals surface area contributed by atoms with Gasteiger partial charge in [0.05, 0.1) is 13.2 Å². The molecular formula is C14H24N2OS. The van der Waals surface area contributed by atoms with Crippen molar-refractivity contribution in [1.29, 1.82) is 0 Å². The van der Waals surface area contributed by atoms with Crippen molar-refractivity contribution >= 4 is 11.8 Å². The van der Waals surface area contributed by atoms with Crippen LogP contribution in [0.15, 0.2) is 23.4 Å². The van der Waals surface area contributed by atoms with Gasteiger partial charge in [-0.15, -0.1) is 11.8 Å². The van der Waals surface area contributed by atoms with Crippen molar-refractivity contribution in [3.63, 3.8) is 0 Å². The van der Waals surface area contributed by atoms with Gasteiger partial charge in [0.25, 0.3) is 0 Å². The third-order valence-electron chi connectivity index (χ3n) is 2.41. The Morgan fingerprint density at radius 3 is 2.89 bits per heavy atom. The van der Waals surface area contributed by atoms with Crippen LogP contribution in [-0.2, 0) is 11.2 Å². The molecule has 0 saturated heterocycles. The fourth-order valence-corrected chi connectivity index (χ4v) is 2.43. The third-order valence-corrected chi connectivity index (χ3v) is 3.33. The van der Waals surface area contributed by atoms with Gasteiger partial charge in [-0.3, -0.25) is 4.98 Å². The Labute approximate surface area is 115 Å². The maximum atomic E-state index is 5.49. The molecule has 4 heteroatoms. The van der Waals surface area contributed by atoms with Gasteiger partial charge in [-0.05, 0) is 31.0 Å². The Morgan fingerprint density at radius 1 is 1.33 bits per heavy atom. The van der Waals surface area contributed by atoms with Crippen LogP contribution in [0.5, 0.6) is 0 Å². The largest absolute Gasteiger partial charge is 0.379 e. The molecule has 1 N–H and O–H groups in total. The number of hydrogen-bond donors (Lipinski definition) is 1. The Morgan fingerprint density at radius 2 is 2.17 bits per heavy atom. The summed E-state index contributed by atoms with van der Waals surface area (Å²) in [4.78, 5) is 5.54. The van der Waals surface area contributed by atoms with E-state index in [1.54, 1.807) is 0 Å². The van der Waals surface area contributed by atoms with E-state index in [2.05, 4.69) is 30.2 Å². The molecule has 0 spiro atoms. The van der Waals surface area contributed by atoms with E-state index in [4.69, 9.17) is 4.74 Å². The SMILES string of the molecule is CNCCOCCSc1cncc(CC(C)C)c1. The topological polar surface area (TPSA) is 34.1 Å². The zero-order valence-corrected chi connectivity index (χ0v) is 12.4. The molecule has 0 aliphatic carbocycles. The summed E-state index contributed by atoms with van der Waals surface area (Å²) >= 11 is 1.81. The Bertz CT molecular complexity index is 331. The molecule has 0 amide bonds. The van der Waals surface area contributed by atoms with Crippen molar-refractivity contribution in [2.24, 2.45) is 5.92 Å². The molecule has 0 aliphatic heterocycles. The van der Waals surface area contributed by atoms with Crippen LogP contribution in [-0.4, -0.2) is 37.5 Å². The summed E-state index contributed by atoms with van der Waals surface area (Å²) in [6.07, 6.45) is 5.00. The predicted molar refractivity (Wildman–Crippen MR) is 78.2 cm³/mol. The van der Waals surface area contributed by atoms with E-state index in [1.165, 1.54) is 10.5 Å². The average molecular weight is 268 g/mol. The molecule has 1 heterocycles. The van der Waals surface area contributed by atoms with Crippen LogP contribution in [0.25, 0.3) is 0 Å². The molecule has 0 bridgehead atoms. The maximum absolute atomic E-state index is 5.49. The van der Waals surface area contributed by atoms with E-state index in [-0.39, 0.29) is 0 Å². The highest BCUT2D eigenvalue weighted by Gasteiger charge is 2.01. The zero-order chi connectivity index (χ0) is 13.2. The van der Waals surface area contributed by atoms with Crippen LogP contribution in [0.3, 0.4) is 0 Å². The first kappa shape index (κ1) is 15.5. The van der Waals surface area contributed by atoms with Crippen LogP contribution >= 0.6 is 11.8 Å². The number of ether oxygens (including phenoxy) is 1. The molecular weight excluding hydrogens is 244 g/mol. The van der Waals surface area contributed by atoms with Crippen molar-refractivity contribution < 1.29 is 4.74 Å². The third kappa shape index (κ3) is 6.99. The molecule has 1 rings (SSSR count). The second kappa shape index (κ2) is 9.36. The van der Waals surface area contributed by atoms with Crippen LogP contribution in [0.4, 0.5) is 0 Å². The molecule has 18 heavy (non-hydrogen) atoms. The quantitative estimate of drug-likeness (QED) is 0.551. The van der Waals surface area contributed by atoms with E-state index in [9.17, 15) is 0 Å². The van der Waals surface area contributed by atoms with E-state index in [0.29, 0.717) is 5.92 Å². The molecule has 0 saturated carbocycles. The first-order valence-electron chi connectivity index (χ1n) is 6.51. The van der Waals surface area contributed by atoms with Crippen molar-refractivity contribution in [2.45, 2.75) is 25.2 Å². The normalized spacial score (nSPS) is 11.1. The van der Waals surface area contributed by atoms with Crippen LogP contribution in [0.2, 0.25) is 0 Å². The summed E-state index contributed by atoms with van der Waals surface area (Å²) < 4.78 is 5.49. The second-order valence-electron chi connectivity index (χ2n) is 4.69. The minimum Gasteiger partial charge on any atom is -0.379 e. The minimum absolute atomic E-state index is 0.678. The molecule has 0 radical (unpaired) electrons. The van der Waals surface area contributed by atoms with E-state index in [1.807, 2.05) is 31.2 Å². The molecule has 3 nitrogen and oxygen atoms in total. The molecule has 1 aromatic heterocycles. The van der Waals surface area contributed by atoms with Crippen molar-refractivity contribution in [2.75, 3.05) is 32.6 Å². The van der Waals surface area contributed by atoms with Crippen LogP contribution < -0.4 is 5.32 Å². The van der Waals surface area contributed by atoms with Gasteiger partial charge < -0.3 is 10.1 Å². The summed E-state index contributed by atoms with van der Waals surface area (Å²) in [7, 11) is 1.93. The molecule has 0 aromatic carbocycles. The summed E-state index contributed by atoms with van der Waals surface area (Å²) in [5, 5.41) is 3.06. The highest BCUT2D eigenvalue weighted by molar-refractivity contribution is 7.99. The Hall–Kier alpha value is -0.580. The predicted octanol–water partition coefficient (Wildman–Crippen LogP) is 2.61. The summed E-state index contributed by atoms with van der Waals surface area (Å²) in [6, 6.07) is 2.24. The lowest BCUT2D eigenvalue weighted by molar-refractivity contribution is 0.153. The maximum Gasteiger partial charge on any atom is 0.0591 e. The Kier molecular flexibility index (Phi) is 8.05. The molecule has 0 unspecified atom stereocenters. The summed E-state index contributed by atoms with van der Waals surface area (Å²) in [6.45, 7) is 6.95. The summed E-state index contributed by atoms with van der Waals surface area (Å²) in [5.41, 5.74) is 1.33. The van der Waals surface area contributed by atoms with Crippen molar-refractivity contribution in [1.82, 2.24) is 10.3 Å². The smallest absolute Gasteiger partial charge is 0.0591 e. The van der Waals surface area contributed by atoms with E-state index in [0.717, 1.165) is 31.9 Å². The minimum atomic E-state index is 0.678. The molecule has 0 fully saturated rings. The number of pyridine rings is 1. The van der Waals surface area contributed by atoms with Gasteiger partial charge in [-0.1, -0.05) is 13.8 Å². The van der Waals surface area contributed by atoms with Gasteiger partial charge in [0, 0.05) is 29.6 Å². The Balaban J connectivity index is 2.25. The van der Waals surface area contributed by atoms with Gasteiger partial charge in [0.1, 0.15) is 0 Å². The highest BCUT2D eigenvalue weighted by Crippen LogP contribution is 2.19. The fraction of sp³-hybridized carbons (Fsp3) is 0.643. The molecule has 0 atom stereocenters. The van der Waals surface area contributed by atoms with Gasteiger partial charge in [0.15, 0.2) is 0 Å². The number of nitrogens with one attached hydrogen (secondary N) is 1. The lowest BCUT2D eigenvalue weighted by Crippen LogP contribution is -2.15. The average Bonchev–Trinajstić information content (AvgIpc) is 2.33. The molecule has 1 aromatic rings. The number of rotatable bonds is 9. The van der Waals surface area contributed by atoms with Gasteiger partial charge in [-0.2, -0.15) is 0 Å². The first-order chi connectivity index (χ1) is 8.72. The number of nitrogens with zero attached hydrogens (tertiary/aromatic N) is 1. The van der Waals surface area contributed by atoms with Crippen LogP contribution in [0, 0.1) is 5.92 Å². The number of likely N-dealkylation sites (N-methyl/N-ethyl adjacent to an activating group) is 1. The lowest BCUT2D eigenvalue weighted by atomic mass is 10.1. The van der Waals surface area contributed by atoms with Crippen LogP contribution in [0.1, 0.15) is 19.4 Å². The lowest BCUT2D eigenvalue weighted by Gasteiger charge is -2.07. The number of aromatic nitrogens is 1. The van der Waals surface area contributed by atoms with E-state index >= 15 is 0 Å². The van der Waals surface area contributed by atoms with Gasteiger partial charge in [-0.25, -0.2) is 0 Å². The van der Waals surface area contributed by atoms with Gasteiger partial charge in [0.2, 0.25) is 0 Å². The molecule has 0 aliphatic rings. The van der Waals surface area contributed by atoms with Gasteiger partial charge >= 0.3 is 0 Å². The van der Waals surface area contributed by atoms with Crippen molar-refractivity contribution in [3.05, 3.63) is 24.0 Å². The van der Waals surface area contributed by atoms with E-state index < -0.39 is 0 Å². The van der Waals surface area contributed by atoms with Crippen molar-refractivity contribution in [3.8, 4) is 0 Å². The first-order valence-corrected chi connectivity index (χ1v) is 7.50. The fourth-order valence-electron chi connectivity index (χ4n) is 1.62. The highest BCUT2D eigenvalue weighted by atomic mass is 32.2. The zero-order valence-electron chi connectivity index (χ0n) is 11.6. The standard InChI is InChI=1S/C14H24N2OS/c1-12(2)8-13-9-14(11-16-10-13)18-7-6-17-5-4-15-3/h9-12,15H,4-8H2,1-3H3. The second-order valence-corrected chi connectivity index (χ2v) is 5.86.